The van der Waals surface area contributed by atoms with E-state index in [2.05, 4.69) is 23.4 Å². The largest absolute Gasteiger partial charge is 0.328 e. The molecule has 0 N–H and O–H groups in total. The van der Waals surface area contributed by atoms with E-state index in [-0.39, 0.29) is 0 Å². The molecule has 0 fully saturated rings. The van der Waals surface area contributed by atoms with Crippen molar-refractivity contribution in [3.05, 3.63) is 36.7 Å². The van der Waals surface area contributed by atoms with Gasteiger partial charge in [0.15, 0.2) is 0 Å². The lowest BCUT2D eigenvalue weighted by molar-refractivity contribution is 0.826. The number of imidazole rings is 1. The molecule has 2 rings (SSSR count). The number of hydrogen-bond donors (Lipinski definition) is 0. The van der Waals surface area contributed by atoms with Gasteiger partial charge in [-0.1, -0.05) is 30.3 Å². The maximum Gasteiger partial charge on any atom is 0.102 e. The first kappa shape index (κ1) is 9.34. The van der Waals surface area contributed by atoms with E-state index >= 15 is 0 Å². The van der Waals surface area contributed by atoms with Crippen molar-refractivity contribution in [2.45, 2.75) is 5.03 Å². The summed E-state index contributed by atoms with van der Waals surface area (Å²) >= 11 is 1.72. The Balaban J connectivity index is 2.52. The molecule has 1 aromatic carbocycles. The van der Waals surface area contributed by atoms with Crippen molar-refractivity contribution in [2.24, 2.45) is 7.05 Å². The molecule has 2 nitrogen and oxygen atoms in total. The fourth-order valence-corrected chi connectivity index (χ4v) is 2.15. The zero-order valence-electron chi connectivity index (χ0n) is 8.27. The topological polar surface area (TPSA) is 17.8 Å². The van der Waals surface area contributed by atoms with Crippen molar-refractivity contribution in [2.75, 3.05) is 6.26 Å². The van der Waals surface area contributed by atoms with Gasteiger partial charge in [0.25, 0.3) is 0 Å². The monoisotopic (exact) mass is 204 g/mol. The standard InChI is InChI=1S/C11H12N2S/c1-13-8-12-10(11(13)14-2)9-6-4-3-5-7-9/h3-8H,1-2H3. The Bertz CT molecular complexity index is 420. The quantitative estimate of drug-likeness (QED) is 0.700. The first-order valence-corrected chi connectivity index (χ1v) is 5.66. The van der Waals surface area contributed by atoms with Gasteiger partial charge in [0, 0.05) is 12.6 Å². The van der Waals surface area contributed by atoms with Gasteiger partial charge in [-0.25, -0.2) is 4.98 Å². The van der Waals surface area contributed by atoms with Gasteiger partial charge in [0.05, 0.1) is 6.33 Å². The minimum atomic E-state index is 1.07. The minimum absolute atomic E-state index is 1.07. The summed E-state index contributed by atoms with van der Waals surface area (Å²) in [4.78, 5) is 4.40. The summed E-state index contributed by atoms with van der Waals surface area (Å²) in [5.41, 5.74) is 2.25. The van der Waals surface area contributed by atoms with Crippen LogP contribution in [0.1, 0.15) is 0 Å². The Labute approximate surface area is 88.0 Å². The lowest BCUT2D eigenvalue weighted by atomic mass is 10.2. The summed E-state index contributed by atoms with van der Waals surface area (Å²) in [6.07, 6.45) is 3.93. The maximum absolute atomic E-state index is 4.40. The van der Waals surface area contributed by atoms with E-state index in [1.54, 1.807) is 11.8 Å². The number of benzene rings is 1. The average molecular weight is 204 g/mol. The van der Waals surface area contributed by atoms with Crippen LogP contribution in [0.25, 0.3) is 11.3 Å². The zero-order chi connectivity index (χ0) is 9.97. The van der Waals surface area contributed by atoms with Gasteiger partial charge in [-0.15, -0.1) is 11.8 Å². The molecule has 0 spiro atoms. The van der Waals surface area contributed by atoms with Gasteiger partial charge in [-0.2, -0.15) is 0 Å². The Hall–Kier alpha value is -1.22. The number of aryl methyl sites for hydroxylation is 1. The van der Waals surface area contributed by atoms with Crippen LogP contribution in [0.5, 0.6) is 0 Å². The van der Waals surface area contributed by atoms with Crippen LogP contribution in [0, 0.1) is 0 Å². The highest BCUT2D eigenvalue weighted by molar-refractivity contribution is 7.98. The second-order valence-electron chi connectivity index (χ2n) is 3.08. The average Bonchev–Trinajstić information content (AvgIpc) is 2.61. The summed E-state index contributed by atoms with van der Waals surface area (Å²) in [5.74, 6) is 0. The number of aromatic nitrogens is 2. The molecule has 1 aromatic heterocycles. The molecule has 0 radical (unpaired) electrons. The highest BCUT2D eigenvalue weighted by Crippen LogP contribution is 2.27. The van der Waals surface area contributed by atoms with Crippen LogP contribution in [-0.4, -0.2) is 15.8 Å². The molecule has 0 aliphatic carbocycles. The molecular formula is C11H12N2S. The second-order valence-corrected chi connectivity index (χ2v) is 3.87. The van der Waals surface area contributed by atoms with Crippen LogP contribution in [-0.2, 0) is 7.05 Å². The molecule has 0 saturated carbocycles. The molecule has 0 unspecified atom stereocenters. The zero-order valence-corrected chi connectivity index (χ0v) is 9.08. The molecule has 0 bridgehead atoms. The minimum Gasteiger partial charge on any atom is -0.328 e. The first-order chi connectivity index (χ1) is 6.83. The van der Waals surface area contributed by atoms with Gasteiger partial charge >= 0.3 is 0 Å². The lowest BCUT2D eigenvalue weighted by Gasteiger charge is -2.01. The van der Waals surface area contributed by atoms with Crippen molar-refractivity contribution in [1.29, 1.82) is 0 Å². The van der Waals surface area contributed by atoms with Crippen molar-refractivity contribution >= 4 is 11.8 Å². The fraction of sp³-hybridized carbons (Fsp3) is 0.182. The predicted molar refractivity (Wildman–Crippen MR) is 60.4 cm³/mol. The first-order valence-electron chi connectivity index (χ1n) is 4.43. The fourth-order valence-electron chi connectivity index (χ4n) is 1.45. The summed E-state index contributed by atoms with van der Waals surface area (Å²) in [7, 11) is 2.02. The molecule has 14 heavy (non-hydrogen) atoms. The van der Waals surface area contributed by atoms with E-state index in [0.717, 1.165) is 5.69 Å². The molecule has 0 aliphatic heterocycles. The lowest BCUT2D eigenvalue weighted by Crippen LogP contribution is -1.87. The predicted octanol–water partition coefficient (Wildman–Crippen LogP) is 2.81. The molecule has 1 heterocycles. The van der Waals surface area contributed by atoms with E-state index in [1.807, 2.05) is 36.1 Å². The van der Waals surface area contributed by atoms with Crippen LogP contribution in [0.3, 0.4) is 0 Å². The van der Waals surface area contributed by atoms with E-state index < -0.39 is 0 Å². The molecule has 2 aromatic rings. The number of rotatable bonds is 2. The van der Waals surface area contributed by atoms with Gasteiger partial charge < -0.3 is 4.57 Å². The number of hydrogen-bond acceptors (Lipinski definition) is 2. The van der Waals surface area contributed by atoms with Crippen molar-refractivity contribution in [1.82, 2.24) is 9.55 Å². The van der Waals surface area contributed by atoms with Crippen LogP contribution in [0.2, 0.25) is 0 Å². The summed E-state index contributed by atoms with van der Waals surface area (Å²) in [6.45, 7) is 0. The molecule has 0 atom stereocenters. The Morgan fingerprint density at radius 2 is 1.93 bits per heavy atom. The third-order valence-electron chi connectivity index (χ3n) is 2.12. The van der Waals surface area contributed by atoms with E-state index in [1.165, 1.54) is 10.6 Å². The van der Waals surface area contributed by atoms with Gasteiger partial charge in [0.2, 0.25) is 0 Å². The Morgan fingerprint density at radius 1 is 1.21 bits per heavy atom. The SMILES string of the molecule is CSc1c(-c2ccccc2)ncn1C. The van der Waals surface area contributed by atoms with Crippen LogP contribution in [0.15, 0.2) is 41.7 Å². The summed E-state index contributed by atoms with van der Waals surface area (Å²) < 4.78 is 2.05. The van der Waals surface area contributed by atoms with Crippen LogP contribution < -0.4 is 0 Å². The highest BCUT2D eigenvalue weighted by Gasteiger charge is 2.08. The third kappa shape index (κ3) is 1.55. The van der Waals surface area contributed by atoms with Gasteiger partial charge in [-0.05, 0) is 6.26 Å². The van der Waals surface area contributed by atoms with Crippen LogP contribution in [0.4, 0.5) is 0 Å². The van der Waals surface area contributed by atoms with E-state index in [0.29, 0.717) is 0 Å². The van der Waals surface area contributed by atoms with E-state index in [4.69, 9.17) is 0 Å². The normalized spacial score (nSPS) is 10.4. The second kappa shape index (κ2) is 3.88. The molecule has 0 aliphatic rings. The van der Waals surface area contributed by atoms with Gasteiger partial charge in [0.1, 0.15) is 10.7 Å². The number of thioether (sulfide) groups is 1. The molecule has 3 heteroatoms. The summed E-state index contributed by atoms with van der Waals surface area (Å²) in [5, 5.41) is 1.20. The molecule has 0 amide bonds. The number of nitrogens with zero attached hydrogens (tertiary/aromatic N) is 2. The summed E-state index contributed by atoms with van der Waals surface area (Å²) in [6, 6.07) is 10.3. The maximum atomic E-state index is 4.40. The molecule has 0 saturated heterocycles. The molecule has 72 valence electrons. The van der Waals surface area contributed by atoms with Crippen molar-refractivity contribution in [3.8, 4) is 11.3 Å². The Morgan fingerprint density at radius 3 is 2.57 bits per heavy atom. The van der Waals surface area contributed by atoms with Crippen LogP contribution >= 0.6 is 11.8 Å². The highest BCUT2D eigenvalue weighted by atomic mass is 32.2. The van der Waals surface area contributed by atoms with Crippen molar-refractivity contribution in [3.63, 3.8) is 0 Å². The van der Waals surface area contributed by atoms with Crippen molar-refractivity contribution < 1.29 is 0 Å². The van der Waals surface area contributed by atoms with Gasteiger partial charge in [-0.3, -0.25) is 0 Å². The Kier molecular flexibility index (Phi) is 2.59. The smallest absolute Gasteiger partial charge is 0.102 e. The van der Waals surface area contributed by atoms with E-state index in [9.17, 15) is 0 Å². The molecular weight excluding hydrogens is 192 g/mol. The third-order valence-corrected chi connectivity index (χ3v) is 2.99.